The van der Waals surface area contributed by atoms with Gasteiger partial charge in [-0.3, -0.25) is 9.36 Å². The van der Waals surface area contributed by atoms with Gasteiger partial charge in [0.15, 0.2) is 4.80 Å². The second kappa shape index (κ2) is 11.6. The highest BCUT2D eigenvalue weighted by Gasteiger charge is 2.33. The van der Waals surface area contributed by atoms with Crippen molar-refractivity contribution in [3.8, 4) is 11.5 Å². The van der Waals surface area contributed by atoms with Gasteiger partial charge in [-0.05, 0) is 79.5 Å². The number of nitrogens with zero attached hydrogens (tertiary/aromatic N) is 3. The number of aromatic nitrogens is 1. The molecule has 0 radical (unpaired) electrons. The minimum Gasteiger partial charge on any atom is -0.507 e. The van der Waals surface area contributed by atoms with Crippen LogP contribution in [0.25, 0.3) is 6.08 Å². The second-order valence-corrected chi connectivity index (χ2v) is 10.5. The Morgan fingerprint density at radius 3 is 2.55 bits per heavy atom. The number of rotatable bonds is 8. The van der Waals surface area contributed by atoms with Gasteiger partial charge in [0.25, 0.3) is 5.56 Å². The van der Waals surface area contributed by atoms with Gasteiger partial charge in [-0.2, -0.15) is 0 Å². The molecular weight excluding hydrogens is 570 g/mol. The van der Waals surface area contributed by atoms with Crippen molar-refractivity contribution in [1.82, 2.24) is 4.57 Å². The van der Waals surface area contributed by atoms with Crippen molar-refractivity contribution in [2.75, 3.05) is 31.7 Å². The van der Waals surface area contributed by atoms with E-state index in [9.17, 15) is 14.7 Å². The van der Waals surface area contributed by atoms with Crippen LogP contribution in [0.4, 0.5) is 5.69 Å². The van der Waals surface area contributed by atoms with Gasteiger partial charge in [0, 0.05) is 30.4 Å². The Bertz CT molecular complexity index is 1590. The number of phenolic OH excluding ortho intramolecular Hbond substituents is 1. The summed E-state index contributed by atoms with van der Waals surface area (Å²) in [7, 11) is 1.57. The summed E-state index contributed by atoms with van der Waals surface area (Å²) in [6.45, 7) is 9.42. The number of carbonyl (C=O) groups excluding carboxylic acids is 1. The SMILES string of the molecule is CCOC(=O)C1=C(C)N=c2s/c(=C/c3ccc(N(CC)CC)cc3O)c(=O)n2[C@H]1c1ccc(OC)c(Br)c1. The van der Waals surface area contributed by atoms with Gasteiger partial charge in [0.2, 0.25) is 0 Å². The van der Waals surface area contributed by atoms with E-state index in [1.54, 1.807) is 45.2 Å². The number of ether oxygens (including phenoxy) is 2. The van der Waals surface area contributed by atoms with E-state index >= 15 is 0 Å². The van der Waals surface area contributed by atoms with Crippen molar-refractivity contribution in [3.05, 3.63) is 83.0 Å². The van der Waals surface area contributed by atoms with Crippen molar-refractivity contribution in [2.45, 2.75) is 33.7 Å². The van der Waals surface area contributed by atoms with Crippen LogP contribution < -0.4 is 24.5 Å². The van der Waals surface area contributed by atoms with E-state index < -0.39 is 12.0 Å². The number of thiazole rings is 1. The third-order valence-corrected chi connectivity index (χ3v) is 8.04. The molecule has 0 fully saturated rings. The Labute approximate surface area is 233 Å². The average Bonchev–Trinajstić information content (AvgIpc) is 3.19. The Balaban J connectivity index is 1.90. The summed E-state index contributed by atoms with van der Waals surface area (Å²) in [6.07, 6.45) is 1.66. The molecule has 0 spiro atoms. The molecular formula is C28H30BrN3O5S. The summed E-state index contributed by atoms with van der Waals surface area (Å²) in [5, 5.41) is 10.7. The molecule has 1 atom stereocenters. The minimum absolute atomic E-state index is 0.0827. The van der Waals surface area contributed by atoms with Crippen molar-refractivity contribution in [3.63, 3.8) is 0 Å². The molecule has 0 unspecified atom stereocenters. The number of halogens is 1. The summed E-state index contributed by atoms with van der Waals surface area (Å²) >= 11 is 4.73. The lowest BCUT2D eigenvalue weighted by Gasteiger charge is -2.25. The van der Waals surface area contributed by atoms with Crippen molar-refractivity contribution >= 4 is 45.0 Å². The van der Waals surface area contributed by atoms with Gasteiger partial charge in [-0.25, -0.2) is 9.79 Å². The van der Waals surface area contributed by atoms with Gasteiger partial charge in [0.05, 0.1) is 40.0 Å². The lowest BCUT2D eigenvalue weighted by atomic mass is 9.96. The lowest BCUT2D eigenvalue weighted by Crippen LogP contribution is -2.40. The zero-order chi connectivity index (χ0) is 27.6. The van der Waals surface area contributed by atoms with E-state index in [2.05, 4.69) is 39.7 Å². The topological polar surface area (TPSA) is 93.4 Å². The number of carbonyl (C=O) groups is 1. The van der Waals surface area contributed by atoms with Gasteiger partial charge in [-0.1, -0.05) is 17.4 Å². The third-order valence-electron chi connectivity index (χ3n) is 6.44. The number of allylic oxidation sites excluding steroid dienone is 1. The van der Waals surface area contributed by atoms with Crippen LogP contribution in [0, 0.1) is 0 Å². The van der Waals surface area contributed by atoms with Gasteiger partial charge >= 0.3 is 5.97 Å². The highest BCUT2D eigenvalue weighted by atomic mass is 79.9. The van der Waals surface area contributed by atoms with E-state index in [0.29, 0.717) is 42.0 Å². The fraction of sp³-hybridized carbons (Fsp3) is 0.321. The smallest absolute Gasteiger partial charge is 0.338 e. The van der Waals surface area contributed by atoms with Crippen molar-refractivity contribution in [1.29, 1.82) is 0 Å². The predicted molar refractivity (Wildman–Crippen MR) is 153 cm³/mol. The monoisotopic (exact) mass is 599 g/mol. The molecule has 200 valence electrons. The number of methoxy groups -OCH3 is 1. The zero-order valence-corrected chi connectivity index (χ0v) is 24.4. The van der Waals surface area contributed by atoms with Crippen molar-refractivity contribution < 1.29 is 19.4 Å². The quantitative estimate of drug-likeness (QED) is 0.391. The molecule has 8 nitrogen and oxygen atoms in total. The molecule has 3 aromatic rings. The maximum absolute atomic E-state index is 13.8. The van der Waals surface area contributed by atoms with Gasteiger partial charge in [0.1, 0.15) is 11.5 Å². The first-order valence-corrected chi connectivity index (χ1v) is 14.0. The Hall–Kier alpha value is -3.37. The first kappa shape index (κ1) is 27.7. The number of hydrogen-bond acceptors (Lipinski definition) is 8. The highest BCUT2D eigenvalue weighted by molar-refractivity contribution is 9.10. The Kier molecular flexibility index (Phi) is 8.42. The van der Waals surface area contributed by atoms with E-state index in [0.717, 1.165) is 18.8 Å². The number of fused-ring (bicyclic) bond motifs is 1. The van der Waals surface area contributed by atoms with Crippen LogP contribution in [0.3, 0.4) is 0 Å². The number of esters is 1. The van der Waals surface area contributed by atoms with Crippen LogP contribution in [0.2, 0.25) is 0 Å². The summed E-state index contributed by atoms with van der Waals surface area (Å²) in [5.74, 6) is 0.187. The number of aromatic hydroxyl groups is 1. The fourth-order valence-electron chi connectivity index (χ4n) is 4.54. The average molecular weight is 601 g/mol. The summed E-state index contributed by atoms with van der Waals surface area (Å²) in [5.41, 5.74) is 2.61. The van der Waals surface area contributed by atoms with Crippen LogP contribution in [0.15, 0.2) is 61.9 Å². The summed E-state index contributed by atoms with van der Waals surface area (Å²) in [6, 6.07) is 10.1. The summed E-state index contributed by atoms with van der Waals surface area (Å²) < 4.78 is 13.3. The molecule has 0 aliphatic carbocycles. The lowest BCUT2D eigenvalue weighted by molar-refractivity contribution is -0.139. The van der Waals surface area contributed by atoms with E-state index in [1.165, 1.54) is 15.9 Å². The van der Waals surface area contributed by atoms with Crippen molar-refractivity contribution in [2.24, 2.45) is 4.99 Å². The van der Waals surface area contributed by atoms with Crippen LogP contribution in [-0.4, -0.2) is 42.4 Å². The van der Waals surface area contributed by atoms with E-state index in [4.69, 9.17) is 9.47 Å². The molecule has 0 amide bonds. The maximum atomic E-state index is 13.8. The molecule has 1 aromatic heterocycles. The van der Waals surface area contributed by atoms with E-state index in [-0.39, 0.29) is 17.9 Å². The fourth-order valence-corrected chi connectivity index (χ4v) is 6.14. The molecule has 1 aliphatic heterocycles. The molecule has 0 bridgehead atoms. The molecule has 4 rings (SSSR count). The van der Waals surface area contributed by atoms with Crippen LogP contribution in [0.5, 0.6) is 11.5 Å². The molecule has 0 saturated carbocycles. The third kappa shape index (κ3) is 5.15. The molecule has 0 saturated heterocycles. The molecule has 2 aromatic carbocycles. The molecule has 1 aliphatic rings. The second-order valence-electron chi connectivity index (χ2n) is 8.61. The van der Waals surface area contributed by atoms with Crippen LogP contribution in [-0.2, 0) is 9.53 Å². The molecule has 10 heteroatoms. The Morgan fingerprint density at radius 2 is 1.95 bits per heavy atom. The molecule has 1 N–H and O–H groups in total. The first-order chi connectivity index (χ1) is 18.2. The molecule has 2 heterocycles. The van der Waals surface area contributed by atoms with Gasteiger partial charge in [-0.15, -0.1) is 0 Å². The Morgan fingerprint density at radius 1 is 1.21 bits per heavy atom. The largest absolute Gasteiger partial charge is 0.507 e. The maximum Gasteiger partial charge on any atom is 0.338 e. The van der Waals surface area contributed by atoms with Gasteiger partial charge < -0.3 is 19.5 Å². The minimum atomic E-state index is -0.742. The number of hydrogen-bond donors (Lipinski definition) is 1. The molecule has 38 heavy (non-hydrogen) atoms. The van der Waals surface area contributed by atoms with Crippen LogP contribution in [0.1, 0.15) is 44.9 Å². The normalized spacial score (nSPS) is 15.2. The van der Waals surface area contributed by atoms with Crippen LogP contribution >= 0.6 is 27.3 Å². The highest BCUT2D eigenvalue weighted by Crippen LogP contribution is 2.35. The number of phenols is 1. The van der Waals surface area contributed by atoms with E-state index in [1.807, 2.05) is 18.2 Å². The number of anilines is 1. The summed E-state index contributed by atoms with van der Waals surface area (Å²) in [4.78, 5) is 34.1. The standard InChI is InChI=1S/C28H30BrN3O5S/c1-6-31(7-2)19-11-9-17(21(33)15-19)14-23-26(34)32-25(18-10-12-22(36-5)20(29)13-18)24(27(35)37-8-3)16(4)30-28(32)38-23/h9-15,25,33H,6-8H2,1-5H3/b23-14+/t25-/m0/s1. The predicted octanol–water partition coefficient (Wildman–Crippen LogP) is 4.12. The zero-order valence-electron chi connectivity index (χ0n) is 21.9. The first-order valence-electron chi connectivity index (χ1n) is 12.3. The number of benzene rings is 2.